The normalized spacial score (nSPS) is 21.9. The lowest BCUT2D eigenvalue weighted by molar-refractivity contribution is 0.232. The van der Waals surface area contributed by atoms with E-state index >= 15 is 0 Å². The third-order valence-corrected chi connectivity index (χ3v) is 10.9. The molecule has 0 aliphatic heterocycles. The Morgan fingerprint density at radius 3 is 1.04 bits per heavy atom. The van der Waals surface area contributed by atoms with Crippen LogP contribution in [0, 0.1) is 34.5 Å². The van der Waals surface area contributed by atoms with Gasteiger partial charge in [-0.2, -0.15) is 10.5 Å². The number of benzene rings is 7. The lowest BCUT2D eigenvalue weighted by Gasteiger charge is -2.61. The standard InChI is InChI=1S/C46H30N2/c47-29-39-40(30-48)46(34-23-11-4-12-24-34)38-28-16-15-27-37(38)45(39,33-21-9-3-10-22-33)43-41(31-17-5-1-6-18-31)35-25-13-14-26-36(35)42(44(43)46)32-19-7-2-8-20-32/h1-28,39-40H. The van der Waals surface area contributed by atoms with E-state index < -0.39 is 22.7 Å². The summed E-state index contributed by atoms with van der Waals surface area (Å²) >= 11 is 0. The molecule has 224 valence electrons. The summed E-state index contributed by atoms with van der Waals surface area (Å²) in [7, 11) is 0. The first-order valence-electron chi connectivity index (χ1n) is 16.5. The van der Waals surface area contributed by atoms with Gasteiger partial charge >= 0.3 is 0 Å². The molecule has 2 heteroatoms. The fourth-order valence-corrected chi connectivity index (χ4v) is 9.33. The first-order chi connectivity index (χ1) is 23.8. The van der Waals surface area contributed by atoms with Gasteiger partial charge in [0.05, 0.1) is 34.8 Å². The van der Waals surface area contributed by atoms with E-state index in [-0.39, 0.29) is 0 Å². The summed E-state index contributed by atoms with van der Waals surface area (Å²) in [5.41, 5.74) is 9.06. The van der Waals surface area contributed by atoms with Crippen LogP contribution in [0.1, 0.15) is 33.4 Å². The van der Waals surface area contributed by atoms with Crippen LogP contribution in [0.4, 0.5) is 0 Å². The topological polar surface area (TPSA) is 47.6 Å². The van der Waals surface area contributed by atoms with Crippen molar-refractivity contribution >= 4 is 10.8 Å². The lowest BCUT2D eigenvalue weighted by atomic mass is 9.37. The number of nitrogens with zero attached hydrogens (tertiary/aromatic N) is 2. The maximum absolute atomic E-state index is 11.5. The average molecular weight is 611 g/mol. The minimum absolute atomic E-state index is 0.681. The average Bonchev–Trinajstić information content (AvgIpc) is 3.17. The van der Waals surface area contributed by atoms with E-state index in [0.717, 1.165) is 66.4 Å². The Balaban J connectivity index is 1.67. The number of hydrogen-bond acceptors (Lipinski definition) is 2. The van der Waals surface area contributed by atoms with Gasteiger partial charge in [-0.1, -0.05) is 170 Å². The summed E-state index contributed by atoms with van der Waals surface area (Å²) in [6.45, 7) is 0. The molecule has 3 aliphatic rings. The van der Waals surface area contributed by atoms with Crippen molar-refractivity contribution in [1.29, 1.82) is 10.5 Å². The SMILES string of the molecule is N#CC1C(C#N)C2(c3ccccc3)c3ccccc3C1(c1ccccc1)c1c2c(-c2ccccc2)c2ccccc2c1-c1ccccc1. The van der Waals surface area contributed by atoms with Crippen LogP contribution >= 0.6 is 0 Å². The van der Waals surface area contributed by atoms with Crippen molar-refractivity contribution in [1.82, 2.24) is 0 Å². The van der Waals surface area contributed by atoms with E-state index in [4.69, 9.17) is 0 Å². The Labute approximate surface area is 280 Å². The lowest BCUT2D eigenvalue weighted by Crippen LogP contribution is -2.61. The van der Waals surface area contributed by atoms with Crippen LogP contribution in [0.2, 0.25) is 0 Å². The number of rotatable bonds is 4. The van der Waals surface area contributed by atoms with Crippen LogP contribution in [0.3, 0.4) is 0 Å². The highest BCUT2D eigenvalue weighted by molar-refractivity contribution is 6.10. The number of nitriles is 2. The zero-order chi connectivity index (χ0) is 32.3. The van der Waals surface area contributed by atoms with Gasteiger partial charge in [0.2, 0.25) is 0 Å². The molecule has 7 aromatic carbocycles. The van der Waals surface area contributed by atoms with Gasteiger partial charge < -0.3 is 0 Å². The largest absolute Gasteiger partial charge is 0.198 e. The first kappa shape index (κ1) is 28.0. The monoisotopic (exact) mass is 610 g/mol. The molecule has 48 heavy (non-hydrogen) atoms. The highest BCUT2D eigenvalue weighted by Crippen LogP contribution is 2.71. The molecule has 0 N–H and O–H groups in total. The molecule has 0 aromatic heterocycles. The Bertz CT molecular complexity index is 2250. The van der Waals surface area contributed by atoms with Crippen LogP contribution in [0.15, 0.2) is 170 Å². The van der Waals surface area contributed by atoms with Gasteiger partial charge in [0.1, 0.15) is 0 Å². The van der Waals surface area contributed by atoms with Crippen molar-refractivity contribution in [2.75, 3.05) is 0 Å². The molecule has 0 saturated carbocycles. The van der Waals surface area contributed by atoms with E-state index in [9.17, 15) is 10.5 Å². The second-order valence-electron chi connectivity index (χ2n) is 12.9. The summed E-state index contributed by atoms with van der Waals surface area (Å²) in [5.74, 6) is -1.36. The second-order valence-corrected chi connectivity index (χ2v) is 12.9. The van der Waals surface area contributed by atoms with Crippen LogP contribution in [-0.2, 0) is 10.8 Å². The predicted octanol–water partition coefficient (Wildman–Crippen LogP) is 10.4. The molecule has 0 radical (unpaired) electrons. The van der Waals surface area contributed by atoms with Crippen LogP contribution < -0.4 is 0 Å². The Kier molecular flexibility index (Phi) is 6.23. The molecule has 2 nitrogen and oxygen atoms in total. The zero-order valence-electron chi connectivity index (χ0n) is 26.2. The first-order valence-corrected chi connectivity index (χ1v) is 16.5. The molecule has 0 saturated heterocycles. The van der Waals surface area contributed by atoms with E-state index in [0.29, 0.717) is 0 Å². The highest BCUT2D eigenvalue weighted by Gasteiger charge is 2.68. The molecule has 0 spiro atoms. The van der Waals surface area contributed by atoms with Gasteiger partial charge in [-0.3, -0.25) is 0 Å². The van der Waals surface area contributed by atoms with Gasteiger partial charge in [0, 0.05) is 0 Å². The summed E-state index contributed by atoms with van der Waals surface area (Å²) < 4.78 is 0. The van der Waals surface area contributed by atoms with E-state index in [2.05, 4.69) is 170 Å². The maximum atomic E-state index is 11.5. The fraction of sp³-hybridized carbons (Fsp3) is 0.0870. The summed E-state index contributed by atoms with van der Waals surface area (Å²) in [6.07, 6.45) is 0. The van der Waals surface area contributed by atoms with Crippen LogP contribution in [0.25, 0.3) is 33.0 Å². The molecule has 0 fully saturated rings. The molecule has 4 atom stereocenters. The van der Waals surface area contributed by atoms with Gasteiger partial charge in [-0.25, -0.2) is 0 Å². The van der Waals surface area contributed by atoms with Crippen molar-refractivity contribution in [2.45, 2.75) is 10.8 Å². The van der Waals surface area contributed by atoms with Crippen molar-refractivity contribution in [3.8, 4) is 34.4 Å². The Hall–Kier alpha value is -6.22. The van der Waals surface area contributed by atoms with Gasteiger partial charge in [-0.15, -0.1) is 0 Å². The van der Waals surface area contributed by atoms with Crippen molar-refractivity contribution in [2.24, 2.45) is 11.8 Å². The summed E-state index contributed by atoms with van der Waals surface area (Å²) in [5, 5.41) is 25.3. The number of hydrogen-bond donors (Lipinski definition) is 0. The molecule has 10 rings (SSSR count). The highest BCUT2D eigenvalue weighted by atomic mass is 14.7. The molecular formula is C46H30N2. The van der Waals surface area contributed by atoms with Crippen molar-refractivity contribution in [3.63, 3.8) is 0 Å². The third-order valence-electron chi connectivity index (χ3n) is 10.9. The Morgan fingerprint density at radius 1 is 0.375 bits per heavy atom. The molecular weight excluding hydrogens is 581 g/mol. The van der Waals surface area contributed by atoms with Gasteiger partial charge in [-0.05, 0) is 66.4 Å². The molecule has 7 aromatic rings. The minimum atomic E-state index is -0.933. The molecule has 4 unspecified atom stereocenters. The smallest absolute Gasteiger partial charge is 0.0815 e. The molecule has 0 amide bonds. The van der Waals surface area contributed by atoms with Crippen LogP contribution in [0.5, 0.6) is 0 Å². The van der Waals surface area contributed by atoms with E-state index in [1.807, 2.05) is 12.1 Å². The summed E-state index contributed by atoms with van der Waals surface area (Å²) in [6, 6.07) is 65.2. The Morgan fingerprint density at radius 2 is 0.688 bits per heavy atom. The van der Waals surface area contributed by atoms with Crippen molar-refractivity contribution in [3.05, 3.63) is 203 Å². The van der Waals surface area contributed by atoms with Crippen LogP contribution in [-0.4, -0.2) is 0 Å². The second kappa shape index (κ2) is 10.7. The predicted molar refractivity (Wildman–Crippen MR) is 192 cm³/mol. The van der Waals surface area contributed by atoms with E-state index in [1.165, 1.54) is 0 Å². The minimum Gasteiger partial charge on any atom is -0.198 e. The number of fused-ring (bicyclic) bond motifs is 2. The molecule has 3 aliphatic carbocycles. The van der Waals surface area contributed by atoms with Gasteiger partial charge in [0.25, 0.3) is 0 Å². The summed E-state index contributed by atoms with van der Waals surface area (Å²) in [4.78, 5) is 0. The quantitative estimate of drug-likeness (QED) is 0.199. The third kappa shape index (κ3) is 3.44. The maximum Gasteiger partial charge on any atom is 0.0815 e. The van der Waals surface area contributed by atoms with E-state index in [1.54, 1.807) is 0 Å². The molecule has 2 bridgehead atoms. The zero-order valence-corrected chi connectivity index (χ0v) is 26.2. The molecule has 0 heterocycles. The van der Waals surface area contributed by atoms with Gasteiger partial charge in [0.15, 0.2) is 0 Å². The van der Waals surface area contributed by atoms with Crippen molar-refractivity contribution < 1.29 is 0 Å². The fourth-order valence-electron chi connectivity index (χ4n) is 9.33.